The Labute approximate surface area is 223 Å². The summed E-state index contributed by atoms with van der Waals surface area (Å²) >= 11 is 6.29. The average Bonchev–Trinajstić information content (AvgIpc) is 3.12. The van der Waals surface area contributed by atoms with E-state index < -0.39 is 6.04 Å². The highest BCUT2D eigenvalue weighted by Gasteiger charge is 2.25. The van der Waals surface area contributed by atoms with Crippen molar-refractivity contribution in [2.45, 2.75) is 117 Å². The maximum Gasteiger partial charge on any atom is 0.244 e. The molecule has 0 saturated carbocycles. The fraction of sp³-hybridized carbons (Fsp3) is 0.667. The smallest absolute Gasteiger partial charge is 0.244 e. The molecule has 1 heterocycles. The van der Waals surface area contributed by atoms with Gasteiger partial charge in [-0.05, 0) is 50.5 Å². The number of halogens is 1. The molecule has 1 unspecified atom stereocenters. The number of aromatic nitrogens is 1. The van der Waals surface area contributed by atoms with Gasteiger partial charge in [0.1, 0.15) is 6.04 Å². The molecule has 2 amide bonds. The van der Waals surface area contributed by atoms with Gasteiger partial charge in [0.05, 0.1) is 6.42 Å². The Balaban J connectivity index is 2.06. The van der Waals surface area contributed by atoms with E-state index in [2.05, 4.69) is 37.6 Å². The van der Waals surface area contributed by atoms with E-state index in [0.717, 1.165) is 60.9 Å². The minimum absolute atomic E-state index is 0.0236. The zero-order valence-electron chi connectivity index (χ0n) is 23.3. The molecule has 1 atom stereocenters. The Bertz CT molecular complexity index is 969. The highest BCUT2D eigenvalue weighted by molar-refractivity contribution is 6.31. The van der Waals surface area contributed by atoms with Crippen LogP contribution >= 0.6 is 11.6 Å². The number of carbonyl (C=O) groups excluding carboxylic acids is 2. The number of fused-ring (bicyclic) bond motifs is 1. The molecule has 2 aromatic rings. The van der Waals surface area contributed by atoms with Gasteiger partial charge in [-0.2, -0.15) is 0 Å². The molecule has 1 aromatic heterocycles. The molecule has 6 heteroatoms. The number of unbranched alkanes of at least 4 members (excludes halogenated alkanes) is 8. The quantitative estimate of drug-likeness (QED) is 0.222. The van der Waals surface area contributed by atoms with Crippen LogP contribution in [-0.2, 0) is 22.6 Å². The third-order valence-corrected chi connectivity index (χ3v) is 7.51. The van der Waals surface area contributed by atoms with Crippen molar-refractivity contribution in [3.63, 3.8) is 0 Å². The molecule has 202 valence electrons. The Kier molecular flexibility index (Phi) is 13.4. The Morgan fingerprint density at radius 1 is 0.972 bits per heavy atom. The lowest BCUT2D eigenvalue weighted by atomic mass is 10.0. The van der Waals surface area contributed by atoms with E-state index in [9.17, 15) is 9.59 Å². The summed E-state index contributed by atoms with van der Waals surface area (Å²) in [4.78, 5) is 28.3. The second-order valence-corrected chi connectivity index (χ2v) is 10.6. The molecular formula is C30H48ClN3O2. The van der Waals surface area contributed by atoms with Crippen molar-refractivity contribution in [3.05, 3.63) is 34.5 Å². The summed E-state index contributed by atoms with van der Waals surface area (Å²) in [6.45, 7) is 10.1. The minimum Gasteiger partial charge on any atom is -0.345 e. The van der Waals surface area contributed by atoms with Gasteiger partial charge >= 0.3 is 0 Å². The van der Waals surface area contributed by atoms with Crippen molar-refractivity contribution in [3.8, 4) is 0 Å². The third kappa shape index (κ3) is 8.83. The zero-order valence-corrected chi connectivity index (χ0v) is 24.1. The largest absolute Gasteiger partial charge is 0.345 e. The lowest BCUT2D eigenvalue weighted by molar-refractivity contribution is -0.135. The fourth-order valence-corrected chi connectivity index (χ4v) is 5.24. The van der Waals surface area contributed by atoms with Crippen molar-refractivity contribution in [2.75, 3.05) is 13.6 Å². The van der Waals surface area contributed by atoms with Crippen molar-refractivity contribution in [1.29, 1.82) is 0 Å². The molecule has 1 N–H and O–H groups in total. The molecule has 0 aliphatic carbocycles. The van der Waals surface area contributed by atoms with Crippen LogP contribution in [0.15, 0.2) is 18.2 Å². The van der Waals surface area contributed by atoms with Crippen LogP contribution in [0.25, 0.3) is 10.9 Å². The number of likely N-dealkylation sites (N-methyl/N-ethyl adjacent to an activating group) is 1. The van der Waals surface area contributed by atoms with Crippen LogP contribution in [0.5, 0.6) is 0 Å². The summed E-state index contributed by atoms with van der Waals surface area (Å²) in [6.07, 6.45) is 12.6. The molecule has 1 aromatic carbocycles. The SMILES string of the molecule is CCCCCCCCCCC(NC(=O)Cc1c(C)n(CC)c2ccc(Cl)cc12)C(=O)N(C)CCCC. The first kappa shape index (κ1) is 30.2. The molecule has 0 spiro atoms. The number of benzene rings is 1. The van der Waals surface area contributed by atoms with E-state index in [-0.39, 0.29) is 18.2 Å². The number of aryl methyl sites for hydroxylation is 1. The van der Waals surface area contributed by atoms with E-state index in [1.54, 1.807) is 4.90 Å². The van der Waals surface area contributed by atoms with Crippen molar-refractivity contribution in [2.24, 2.45) is 0 Å². The standard InChI is InChI=1S/C30H48ClN3O2/c1-6-9-11-12-13-14-15-16-17-27(30(36)33(5)20-10-7-2)32-29(35)22-25-23(4)34(8-3)28-19-18-24(31)21-26(25)28/h18-19,21,27H,6-17,20,22H2,1-5H3,(H,32,35). The van der Waals surface area contributed by atoms with E-state index in [0.29, 0.717) is 11.4 Å². The number of hydrogen-bond donors (Lipinski definition) is 1. The first-order valence-corrected chi connectivity index (χ1v) is 14.5. The first-order valence-electron chi connectivity index (χ1n) is 14.1. The van der Waals surface area contributed by atoms with Gasteiger partial charge in [-0.15, -0.1) is 0 Å². The molecule has 5 nitrogen and oxygen atoms in total. The van der Waals surface area contributed by atoms with Gasteiger partial charge in [-0.3, -0.25) is 9.59 Å². The van der Waals surface area contributed by atoms with E-state index >= 15 is 0 Å². The number of hydrogen-bond acceptors (Lipinski definition) is 2. The van der Waals surface area contributed by atoms with Gasteiger partial charge in [0.15, 0.2) is 0 Å². The lowest BCUT2D eigenvalue weighted by Crippen LogP contribution is -2.48. The number of carbonyl (C=O) groups is 2. The van der Waals surface area contributed by atoms with Crippen LogP contribution in [-0.4, -0.2) is 40.9 Å². The van der Waals surface area contributed by atoms with Crippen molar-refractivity contribution in [1.82, 2.24) is 14.8 Å². The molecular weight excluding hydrogens is 470 g/mol. The normalized spacial score (nSPS) is 12.2. The van der Waals surface area contributed by atoms with Gasteiger partial charge in [0, 0.05) is 41.8 Å². The summed E-state index contributed by atoms with van der Waals surface area (Å²) in [5, 5.41) is 4.78. The van der Waals surface area contributed by atoms with Crippen LogP contribution in [0.1, 0.15) is 103 Å². The Morgan fingerprint density at radius 2 is 1.61 bits per heavy atom. The number of nitrogens with one attached hydrogen (secondary N) is 1. The monoisotopic (exact) mass is 517 g/mol. The summed E-state index contributed by atoms with van der Waals surface area (Å²) < 4.78 is 2.22. The average molecular weight is 518 g/mol. The van der Waals surface area contributed by atoms with Gasteiger partial charge in [0.25, 0.3) is 0 Å². The number of rotatable bonds is 17. The topological polar surface area (TPSA) is 54.3 Å². The molecule has 0 fully saturated rings. The number of nitrogens with zero attached hydrogens (tertiary/aromatic N) is 2. The fourth-order valence-electron chi connectivity index (χ4n) is 5.07. The van der Waals surface area contributed by atoms with E-state index in [4.69, 9.17) is 11.6 Å². The van der Waals surface area contributed by atoms with Crippen molar-refractivity contribution >= 4 is 34.3 Å². The molecule has 0 saturated heterocycles. The van der Waals surface area contributed by atoms with Crippen molar-refractivity contribution < 1.29 is 9.59 Å². The van der Waals surface area contributed by atoms with Crippen LogP contribution in [0.2, 0.25) is 5.02 Å². The second-order valence-electron chi connectivity index (χ2n) is 10.1. The zero-order chi connectivity index (χ0) is 26.5. The van der Waals surface area contributed by atoms with Crippen LogP contribution < -0.4 is 5.32 Å². The predicted octanol–water partition coefficient (Wildman–Crippen LogP) is 7.44. The highest BCUT2D eigenvalue weighted by atomic mass is 35.5. The summed E-state index contributed by atoms with van der Waals surface area (Å²) in [5.74, 6) is -0.0782. The molecule has 36 heavy (non-hydrogen) atoms. The van der Waals surface area contributed by atoms with Gasteiger partial charge in [0.2, 0.25) is 11.8 Å². The molecule has 0 aliphatic heterocycles. The van der Waals surface area contributed by atoms with Gasteiger partial charge < -0.3 is 14.8 Å². The lowest BCUT2D eigenvalue weighted by Gasteiger charge is -2.25. The molecule has 0 radical (unpaired) electrons. The van der Waals surface area contributed by atoms with Gasteiger partial charge in [-0.1, -0.05) is 83.2 Å². The van der Waals surface area contributed by atoms with E-state index in [1.165, 1.54) is 38.5 Å². The number of amides is 2. The minimum atomic E-state index is -0.470. The van der Waals surface area contributed by atoms with E-state index in [1.807, 2.05) is 25.2 Å². The summed E-state index contributed by atoms with van der Waals surface area (Å²) in [5.41, 5.74) is 3.16. The maximum absolute atomic E-state index is 13.3. The Morgan fingerprint density at radius 3 is 2.25 bits per heavy atom. The Hall–Kier alpha value is -2.01. The van der Waals surface area contributed by atoms with Crippen LogP contribution in [0, 0.1) is 6.92 Å². The first-order chi connectivity index (χ1) is 17.3. The summed E-state index contributed by atoms with van der Waals surface area (Å²) in [6, 6.07) is 5.39. The van der Waals surface area contributed by atoms with Gasteiger partial charge in [-0.25, -0.2) is 0 Å². The molecule has 0 bridgehead atoms. The van der Waals surface area contributed by atoms with Crippen LogP contribution in [0.3, 0.4) is 0 Å². The van der Waals surface area contributed by atoms with Crippen LogP contribution in [0.4, 0.5) is 0 Å². The predicted molar refractivity (Wildman–Crippen MR) is 153 cm³/mol. The maximum atomic E-state index is 13.3. The third-order valence-electron chi connectivity index (χ3n) is 7.27. The molecule has 0 aliphatic rings. The summed E-state index contributed by atoms with van der Waals surface area (Å²) in [7, 11) is 1.85. The molecule has 2 rings (SSSR count). The second kappa shape index (κ2) is 16.0. The highest BCUT2D eigenvalue weighted by Crippen LogP contribution is 2.29.